The maximum Gasteiger partial charge on any atom is 0.332 e. The number of nitrogens with one attached hydrogen (secondary N) is 1. The van der Waals surface area contributed by atoms with Crippen molar-refractivity contribution in [1.29, 1.82) is 0 Å². The van der Waals surface area contributed by atoms with E-state index in [4.69, 9.17) is 0 Å². The molecule has 0 aliphatic rings. The normalized spacial score (nSPS) is 11.1. The maximum atomic E-state index is 12.5. The Kier molecular flexibility index (Phi) is 4.30. The van der Waals surface area contributed by atoms with Crippen LogP contribution in [-0.4, -0.2) is 44.1 Å². The molecule has 29 heavy (non-hydrogen) atoms. The number of aryl methyl sites for hydroxylation is 2. The van der Waals surface area contributed by atoms with Gasteiger partial charge in [0.25, 0.3) is 5.56 Å². The summed E-state index contributed by atoms with van der Waals surface area (Å²) < 4.78 is 5.39. The predicted octanol–water partition coefficient (Wildman–Crippen LogP) is -0.643. The van der Waals surface area contributed by atoms with Crippen LogP contribution in [0.1, 0.15) is 5.82 Å². The van der Waals surface area contributed by atoms with Gasteiger partial charge in [-0.15, -0.1) is 0 Å². The summed E-state index contributed by atoms with van der Waals surface area (Å²) in [6, 6.07) is 1.61. The third-order valence-corrected chi connectivity index (χ3v) is 4.52. The fraction of sp³-hybridized carbons (Fsp3) is 0.235. The van der Waals surface area contributed by atoms with Gasteiger partial charge in [0.15, 0.2) is 11.2 Å². The Morgan fingerprint density at radius 1 is 1.10 bits per heavy atom. The Balaban J connectivity index is 1.61. The number of amides is 1. The van der Waals surface area contributed by atoms with Crippen LogP contribution < -0.4 is 16.6 Å². The quantitative estimate of drug-likeness (QED) is 0.485. The van der Waals surface area contributed by atoms with Crippen LogP contribution in [0.3, 0.4) is 0 Å². The average Bonchev–Trinajstić information content (AvgIpc) is 3.31. The van der Waals surface area contributed by atoms with Crippen LogP contribution in [0.5, 0.6) is 0 Å². The van der Waals surface area contributed by atoms with E-state index >= 15 is 0 Å². The highest BCUT2D eigenvalue weighted by Gasteiger charge is 2.16. The predicted molar refractivity (Wildman–Crippen MR) is 103 cm³/mol. The lowest BCUT2D eigenvalue weighted by molar-refractivity contribution is -0.116. The van der Waals surface area contributed by atoms with E-state index < -0.39 is 17.2 Å². The van der Waals surface area contributed by atoms with Crippen molar-refractivity contribution >= 4 is 22.9 Å². The Hall–Kier alpha value is -4.09. The zero-order chi connectivity index (χ0) is 20.7. The second-order valence-electron chi connectivity index (χ2n) is 6.40. The van der Waals surface area contributed by atoms with Crippen LogP contribution in [0.2, 0.25) is 0 Å². The molecule has 0 fully saturated rings. The first-order chi connectivity index (χ1) is 13.9. The molecule has 4 heterocycles. The zero-order valence-electron chi connectivity index (χ0n) is 15.9. The summed E-state index contributed by atoms with van der Waals surface area (Å²) in [7, 11) is 2.89. The Labute approximate surface area is 163 Å². The molecule has 1 amide bonds. The van der Waals surface area contributed by atoms with Crippen molar-refractivity contribution in [3.63, 3.8) is 0 Å². The summed E-state index contributed by atoms with van der Waals surface area (Å²) in [5.74, 6) is 1.19. The topological polar surface area (TPSA) is 135 Å². The van der Waals surface area contributed by atoms with Crippen LogP contribution in [0, 0.1) is 6.92 Å². The van der Waals surface area contributed by atoms with Crippen molar-refractivity contribution in [1.82, 2.24) is 38.2 Å². The van der Waals surface area contributed by atoms with Gasteiger partial charge in [-0.1, -0.05) is 0 Å². The van der Waals surface area contributed by atoms with Crippen molar-refractivity contribution in [2.75, 3.05) is 5.32 Å². The fourth-order valence-corrected chi connectivity index (χ4v) is 3.02. The molecule has 0 radical (unpaired) electrons. The third kappa shape index (κ3) is 3.09. The van der Waals surface area contributed by atoms with Gasteiger partial charge in [0, 0.05) is 32.6 Å². The van der Waals surface area contributed by atoms with Crippen LogP contribution >= 0.6 is 0 Å². The smallest absolute Gasteiger partial charge is 0.315 e. The molecule has 4 aromatic heterocycles. The molecule has 0 saturated carbocycles. The first kappa shape index (κ1) is 18.3. The van der Waals surface area contributed by atoms with Gasteiger partial charge in [-0.3, -0.25) is 23.3 Å². The second kappa shape index (κ2) is 6.82. The van der Waals surface area contributed by atoms with Crippen LogP contribution in [-0.2, 0) is 25.4 Å². The van der Waals surface area contributed by atoms with E-state index in [0.717, 1.165) is 10.4 Å². The highest BCUT2D eigenvalue weighted by molar-refractivity contribution is 5.90. The SMILES string of the molecule is Cc1nccn1-c1cc(NC(=O)Cn2cnc3c2c(=O)n(C)c(=O)n3C)ncn1. The number of carbonyl (C=O) groups excluding carboxylic acids is 1. The lowest BCUT2D eigenvalue weighted by Gasteiger charge is -2.09. The van der Waals surface area contributed by atoms with Gasteiger partial charge in [0.2, 0.25) is 5.91 Å². The summed E-state index contributed by atoms with van der Waals surface area (Å²) in [4.78, 5) is 53.4. The van der Waals surface area contributed by atoms with Crippen molar-refractivity contribution in [3.05, 3.63) is 57.8 Å². The lowest BCUT2D eigenvalue weighted by Crippen LogP contribution is -2.37. The Morgan fingerprint density at radius 3 is 2.62 bits per heavy atom. The molecule has 0 unspecified atom stereocenters. The minimum atomic E-state index is -0.520. The first-order valence-corrected chi connectivity index (χ1v) is 8.60. The molecular weight excluding hydrogens is 378 g/mol. The molecule has 1 N–H and O–H groups in total. The van der Waals surface area contributed by atoms with Crippen molar-refractivity contribution in [3.8, 4) is 5.82 Å². The van der Waals surface area contributed by atoms with Gasteiger partial charge < -0.3 is 9.88 Å². The van der Waals surface area contributed by atoms with E-state index in [-0.39, 0.29) is 17.7 Å². The molecule has 0 atom stereocenters. The minimum Gasteiger partial charge on any atom is -0.315 e. The summed E-state index contributed by atoms with van der Waals surface area (Å²) in [5.41, 5.74) is -0.623. The number of anilines is 1. The van der Waals surface area contributed by atoms with E-state index in [0.29, 0.717) is 11.6 Å². The molecule has 0 aliphatic carbocycles. The largest absolute Gasteiger partial charge is 0.332 e. The molecule has 12 nitrogen and oxygen atoms in total. The molecule has 0 aromatic carbocycles. The number of carbonyl (C=O) groups is 1. The minimum absolute atomic E-state index is 0.169. The molecule has 0 aliphatic heterocycles. The lowest BCUT2D eigenvalue weighted by atomic mass is 10.4. The summed E-state index contributed by atoms with van der Waals surface area (Å²) >= 11 is 0. The third-order valence-electron chi connectivity index (χ3n) is 4.52. The molecule has 148 valence electrons. The molecule has 4 rings (SSSR count). The monoisotopic (exact) mass is 395 g/mol. The number of rotatable bonds is 4. The van der Waals surface area contributed by atoms with Gasteiger partial charge in [0.05, 0.1) is 6.33 Å². The molecule has 12 heteroatoms. The van der Waals surface area contributed by atoms with Gasteiger partial charge in [0.1, 0.15) is 30.3 Å². The highest BCUT2D eigenvalue weighted by atomic mass is 16.2. The van der Waals surface area contributed by atoms with Crippen LogP contribution in [0.15, 0.2) is 40.7 Å². The van der Waals surface area contributed by atoms with Gasteiger partial charge >= 0.3 is 5.69 Å². The molecule has 0 spiro atoms. The van der Waals surface area contributed by atoms with Gasteiger partial charge in [-0.25, -0.2) is 24.7 Å². The van der Waals surface area contributed by atoms with Gasteiger partial charge in [-0.2, -0.15) is 0 Å². The molecule has 0 bridgehead atoms. The van der Waals surface area contributed by atoms with Crippen molar-refractivity contribution < 1.29 is 4.79 Å². The van der Waals surface area contributed by atoms with Crippen LogP contribution in [0.4, 0.5) is 5.82 Å². The van der Waals surface area contributed by atoms with E-state index in [1.54, 1.807) is 23.0 Å². The zero-order valence-corrected chi connectivity index (χ0v) is 15.9. The van der Waals surface area contributed by atoms with E-state index in [1.165, 1.54) is 35.9 Å². The molecule has 4 aromatic rings. The van der Waals surface area contributed by atoms with E-state index in [2.05, 4.69) is 25.3 Å². The number of aromatic nitrogens is 8. The number of fused-ring (bicyclic) bond motifs is 1. The number of hydrogen-bond donors (Lipinski definition) is 1. The summed E-state index contributed by atoms with van der Waals surface area (Å²) in [6.07, 6.45) is 6.09. The number of imidazole rings is 2. The highest BCUT2D eigenvalue weighted by Crippen LogP contribution is 2.11. The summed E-state index contributed by atoms with van der Waals surface area (Å²) in [5, 5.41) is 2.68. The number of nitrogens with zero attached hydrogens (tertiary/aromatic N) is 8. The average molecular weight is 395 g/mol. The second-order valence-corrected chi connectivity index (χ2v) is 6.40. The summed E-state index contributed by atoms with van der Waals surface area (Å²) in [6.45, 7) is 1.66. The standard InChI is InChI=1S/C17H17N9O3/c1-10-18-4-5-26(10)12-6-11(19-8-20-12)22-13(27)7-25-9-21-15-14(25)16(28)24(3)17(29)23(15)2/h4-6,8-9H,7H2,1-3H3,(H,19,20,22,27). The molecular formula is C17H17N9O3. The fourth-order valence-electron chi connectivity index (χ4n) is 3.02. The number of hydrogen-bond acceptors (Lipinski definition) is 7. The van der Waals surface area contributed by atoms with Crippen molar-refractivity contribution in [2.45, 2.75) is 13.5 Å². The van der Waals surface area contributed by atoms with Crippen LogP contribution in [0.25, 0.3) is 17.0 Å². The van der Waals surface area contributed by atoms with Crippen molar-refractivity contribution in [2.24, 2.45) is 14.1 Å². The first-order valence-electron chi connectivity index (χ1n) is 8.60. The molecule has 0 saturated heterocycles. The maximum absolute atomic E-state index is 12.5. The van der Waals surface area contributed by atoms with E-state index in [9.17, 15) is 14.4 Å². The Bertz CT molecular complexity index is 1360. The Morgan fingerprint density at radius 2 is 1.90 bits per heavy atom. The van der Waals surface area contributed by atoms with E-state index in [1.807, 2.05) is 6.92 Å². The van der Waals surface area contributed by atoms with Gasteiger partial charge in [-0.05, 0) is 6.92 Å².